The monoisotopic (exact) mass is 283 g/mol. The summed E-state index contributed by atoms with van der Waals surface area (Å²) >= 11 is 0. The van der Waals surface area contributed by atoms with Gasteiger partial charge in [-0.05, 0) is 32.2 Å². The predicted molar refractivity (Wildman–Crippen MR) is 80.0 cm³/mol. The minimum absolute atomic E-state index is 0.112. The molecule has 0 aromatic carbocycles. The van der Waals surface area contributed by atoms with Crippen LogP contribution < -0.4 is 16.4 Å². The summed E-state index contributed by atoms with van der Waals surface area (Å²) in [7, 11) is 0. The summed E-state index contributed by atoms with van der Waals surface area (Å²) < 4.78 is 0. The molecular formula is C15H29N3O2. The normalized spacial score (nSPS) is 24.9. The molecular weight excluding hydrogens is 254 g/mol. The highest BCUT2D eigenvalue weighted by atomic mass is 16.2. The molecule has 0 spiro atoms. The molecule has 0 aromatic rings. The van der Waals surface area contributed by atoms with Gasteiger partial charge in [0.1, 0.15) is 6.04 Å². The Labute approximate surface area is 122 Å². The van der Waals surface area contributed by atoms with Gasteiger partial charge in [0, 0.05) is 11.5 Å². The van der Waals surface area contributed by atoms with Crippen molar-refractivity contribution in [3.05, 3.63) is 0 Å². The molecule has 116 valence electrons. The lowest BCUT2D eigenvalue weighted by atomic mass is 9.84. The van der Waals surface area contributed by atoms with Crippen molar-refractivity contribution >= 4 is 11.8 Å². The number of carbonyl (C=O) groups excluding carboxylic acids is 2. The molecule has 1 saturated carbocycles. The zero-order chi connectivity index (χ0) is 15.3. The van der Waals surface area contributed by atoms with Gasteiger partial charge < -0.3 is 16.4 Å². The molecule has 3 atom stereocenters. The van der Waals surface area contributed by atoms with Crippen LogP contribution in [0.15, 0.2) is 0 Å². The van der Waals surface area contributed by atoms with Crippen molar-refractivity contribution in [2.75, 3.05) is 6.54 Å². The Kier molecular flexibility index (Phi) is 5.99. The van der Waals surface area contributed by atoms with Crippen molar-refractivity contribution in [2.45, 2.75) is 65.5 Å². The molecule has 3 unspecified atom stereocenters. The van der Waals surface area contributed by atoms with E-state index in [0.29, 0.717) is 12.5 Å². The number of hydrogen-bond acceptors (Lipinski definition) is 3. The summed E-state index contributed by atoms with van der Waals surface area (Å²) in [6.07, 6.45) is 4.37. The highest BCUT2D eigenvalue weighted by Crippen LogP contribution is 2.23. The van der Waals surface area contributed by atoms with Crippen LogP contribution >= 0.6 is 0 Å². The standard InChI is InChI=1S/C15H29N3O2/c1-10(17-14(20)15(2,3)4)13(19)18-12-8-6-5-7-11(12)9-16/h10-12H,5-9,16H2,1-4H3,(H,17,20)(H,18,19). The lowest BCUT2D eigenvalue weighted by molar-refractivity contribution is -0.133. The number of rotatable bonds is 4. The molecule has 5 heteroatoms. The van der Waals surface area contributed by atoms with Crippen LogP contribution in [0.3, 0.4) is 0 Å². The van der Waals surface area contributed by atoms with Crippen LogP contribution in [0.2, 0.25) is 0 Å². The lowest BCUT2D eigenvalue weighted by Gasteiger charge is -2.32. The molecule has 20 heavy (non-hydrogen) atoms. The first-order valence-corrected chi connectivity index (χ1v) is 7.57. The third kappa shape index (κ3) is 4.78. The molecule has 1 rings (SSSR count). The van der Waals surface area contributed by atoms with Crippen molar-refractivity contribution in [3.63, 3.8) is 0 Å². The molecule has 1 fully saturated rings. The second-order valence-corrected chi connectivity index (χ2v) is 6.84. The van der Waals surface area contributed by atoms with E-state index in [1.807, 2.05) is 20.8 Å². The van der Waals surface area contributed by atoms with E-state index in [1.54, 1.807) is 6.92 Å². The minimum atomic E-state index is -0.512. The second kappa shape index (κ2) is 7.07. The second-order valence-electron chi connectivity index (χ2n) is 6.84. The number of carbonyl (C=O) groups is 2. The smallest absolute Gasteiger partial charge is 0.242 e. The van der Waals surface area contributed by atoms with Crippen LogP contribution in [0.1, 0.15) is 53.4 Å². The summed E-state index contributed by atoms with van der Waals surface area (Å²) in [5, 5.41) is 5.80. The maximum Gasteiger partial charge on any atom is 0.242 e. The van der Waals surface area contributed by atoms with Gasteiger partial charge in [-0.25, -0.2) is 0 Å². The van der Waals surface area contributed by atoms with Gasteiger partial charge in [-0.1, -0.05) is 33.6 Å². The van der Waals surface area contributed by atoms with Gasteiger partial charge in [-0.15, -0.1) is 0 Å². The summed E-state index contributed by atoms with van der Waals surface area (Å²) in [6.45, 7) is 7.82. The van der Waals surface area contributed by atoms with E-state index in [2.05, 4.69) is 10.6 Å². The largest absolute Gasteiger partial charge is 0.351 e. The topological polar surface area (TPSA) is 84.2 Å². The zero-order valence-electron chi connectivity index (χ0n) is 13.2. The van der Waals surface area contributed by atoms with Crippen LogP contribution in [-0.2, 0) is 9.59 Å². The summed E-state index contributed by atoms with van der Waals surface area (Å²) in [6, 6.07) is -0.364. The third-order valence-corrected chi connectivity index (χ3v) is 3.96. The zero-order valence-corrected chi connectivity index (χ0v) is 13.2. The first-order valence-electron chi connectivity index (χ1n) is 7.57. The molecule has 0 aromatic heterocycles. The van der Waals surface area contributed by atoms with E-state index in [4.69, 9.17) is 5.73 Å². The highest BCUT2D eigenvalue weighted by Gasteiger charge is 2.29. The van der Waals surface area contributed by atoms with Crippen molar-refractivity contribution < 1.29 is 9.59 Å². The maximum atomic E-state index is 12.2. The first-order chi connectivity index (χ1) is 9.25. The fourth-order valence-electron chi connectivity index (χ4n) is 2.47. The highest BCUT2D eigenvalue weighted by molar-refractivity contribution is 5.89. The van der Waals surface area contributed by atoms with Gasteiger partial charge in [-0.2, -0.15) is 0 Å². The SMILES string of the molecule is CC(NC(=O)C(C)(C)C)C(=O)NC1CCCCC1CN. The molecule has 0 aliphatic heterocycles. The number of amides is 2. The average Bonchev–Trinajstić information content (AvgIpc) is 2.38. The average molecular weight is 283 g/mol. The Balaban J connectivity index is 2.50. The first kappa shape index (κ1) is 17.0. The fourth-order valence-corrected chi connectivity index (χ4v) is 2.47. The Bertz CT molecular complexity index is 350. The molecule has 4 N–H and O–H groups in total. The predicted octanol–water partition coefficient (Wildman–Crippen LogP) is 1.17. The van der Waals surface area contributed by atoms with Crippen molar-refractivity contribution in [1.82, 2.24) is 10.6 Å². The van der Waals surface area contributed by atoms with Crippen LogP contribution in [0.25, 0.3) is 0 Å². The molecule has 1 aliphatic rings. The molecule has 0 heterocycles. The minimum Gasteiger partial charge on any atom is -0.351 e. The Morgan fingerprint density at radius 1 is 1.25 bits per heavy atom. The Morgan fingerprint density at radius 2 is 1.85 bits per heavy atom. The van der Waals surface area contributed by atoms with Crippen LogP contribution in [0.5, 0.6) is 0 Å². The molecule has 1 aliphatic carbocycles. The van der Waals surface area contributed by atoms with Crippen molar-refractivity contribution in [3.8, 4) is 0 Å². The Morgan fingerprint density at radius 3 is 2.40 bits per heavy atom. The number of nitrogens with one attached hydrogen (secondary N) is 2. The van der Waals surface area contributed by atoms with Crippen LogP contribution in [0, 0.1) is 11.3 Å². The summed E-state index contributed by atoms with van der Waals surface area (Å²) in [5.74, 6) is 0.130. The summed E-state index contributed by atoms with van der Waals surface area (Å²) in [4.78, 5) is 24.0. The third-order valence-electron chi connectivity index (χ3n) is 3.96. The maximum absolute atomic E-state index is 12.2. The lowest BCUT2D eigenvalue weighted by Crippen LogP contribution is -2.53. The van der Waals surface area contributed by atoms with Gasteiger partial charge >= 0.3 is 0 Å². The van der Waals surface area contributed by atoms with E-state index >= 15 is 0 Å². The molecule has 5 nitrogen and oxygen atoms in total. The fraction of sp³-hybridized carbons (Fsp3) is 0.867. The molecule has 0 bridgehead atoms. The van der Waals surface area contributed by atoms with Crippen molar-refractivity contribution in [1.29, 1.82) is 0 Å². The van der Waals surface area contributed by atoms with Gasteiger partial charge in [0.2, 0.25) is 11.8 Å². The van der Waals surface area contributed by atoms with Crippen LogP contribution in [-0.4, -0.2) is 30.4 Å². The molecule has 0 radical (unpaired) electrons. The van der Waals surface area contributed by atoms with Gasteiger partial charge in [0.05, 0.1) is 0 Å². The van der Waals surface area contributed by atoms with Gasteiger partial charge in [-0.3, -0.25) is 9.59 Å². The number of hydrogen-bond donors (Lipinski definition) is 3. The van der Waals surface area contributed by atoms with Gasteiger partial charge in [0.25, 0.3) is 0 Å². The van der Waals surface area contributed by atoms with E-state index in [9.17, 15) is 9.59 Å². The van der Waals surface area contributed by atoms with Crippen molar-refractivity contribution in [2.24, 2.45) is 17.1 Å². The van der Waals surface area contributed by atoms with E-state index < -0.39 is 11.5 Å². The molecule has 0 saturated heterocycles. The van der Waals surface area contributed by atoms with E-state index in [1.165, 1.54) is 6.42 Å². The molecule has 2 amide bonds. The van der Waals surface area contributed by atoms with Gasteiger partial charge in [0.15, 0.2) is 0 Å². The Hall–Kier alpha value is -1.10. The number of nitrogens with two attached hydrogens (primary N) is 1. The van der Waals surface area contributed by atoms with Crippen LogP contribution in [0.4, 0.5) is 0 Å². The van der Waals surface area contributed by atoms with E-state index in [-0.39, 0.29) is 17.9 Å². The quantitative estimate of drug-likeness (QED) is 0.724. The van der Waals surface area contributed by atoms with E-state index in [0.717, 1.165) is 19.3 Å². The summed E-state index contributed by atoms with van der Waals surface area (Å²) in [5.41, 5.74) is 5.28.